The van der Waals surface area contributed by atoms with Crippen molar-refractivity contribution in [3.05, 3.63) is 48.3 Å². The molecule has 0 amide bonds. The van der Waals surface area contributed by atoms with E-state index in [1.807, 2.05) is 0 Å². The maximum absolute atomic E-state index is 12.5. The Hall–Kier alpha value is -2.77. The highest BCUT2D eigenvalue weighted by Gasteiger charge is 2.30. The van der Waals surface area contributed by atoms with Gasteiger partial charge in [0.1, 0.15) is 0 Å². The number of hydrogen-bond acceptors (Lipinski definition) is 5. The molecule has 0 aliphatic carbocycles. The Morgan fingerprint density at radius 3 is 2.29 bits per heavy atom. The second kappa shape index (κ2) is 4.97. The van der Waals surface area contributed by atoms with Crippen LogP contribution in [0.2, 0.25) is 0 Å². The molecule has 0 saturated heterocycles. The van der Waals surface area contributed by atoms with Crippen LogP contribution in [0.3, 0.4) is 0 Å². The highest BCUT2D eigenvalue weighted by Crippen LogP contribution is 2.30. The minimum atomic E-state index is -4.37. The first-order chi connectivity index (χ1) is 10.0. The molecular weight excluding hydrogens is 285 g/mol. The average Bonchev–Trinajstić information content (AvgIpc) is 2.97. The molecule has 106 valence electrons. The molecule has 0 bridgehead atoms. The molecule has 8 heteroatoms. The maximum Gasteiger partial charge on any atom is 0.416 e. The molecule has 0 spiro atoms. The van der Waals surface area contributed by atoms with Gasteiger partial charge < -0.3 is 4.52 Å². The lowest BCUT2D eigenvalue weighted by Crippen LogP contribution is -2.04. The zero-order chi connectivity index (χ0) is 14.9. The lowest BCUT2D eigenvalue weighted by Gasteiger charge is -2.05. The third-order valence-corrected chi connectivity index (χ3v) is 2.73. The fraction of sp³-hybridized carbons (Fsp3) is 0.0769. The lowest BCUT2D eigenvalue weighted by molar-refractivity contribution is -0.137. The van der Waals surface area contributed by atoms with Crippen molar-refractivity contribution in [3.63, 3.8) is 0 Å². The molecule has 3 aromatic rings. The summed E-state index contributed by atoms with van der Waals surface area (Å²) >= 11 is 0. The summed E-state index contributed by atoms with van der Waals surface area (Å²) in [5.41, 5.74) is 0.281. The highest BCUT2D eigenvalue weighted by atomic mass is 19.4. The number of halogens is 3. The van der Waals surface area contributed by atoms with Gasteiger partial charge in [-0.15, -0.1) is 0 Å². The van der Waals surface area contributed by atoms with Gasteiger partial charge in [0.25, 0.3) is 5.89 Å². The van der Waals surface area contributed by atoms with Crippen molar-refractivity contribution >= 4 is 0 Å². The second-order valence-electron chi connectivity index (χ2n) is 4.13. The predicted octanol–water partition coefficient (Wildman–Crippen LogP) is 3.21. The number of nitrogens with zero attached hydrogens (tertiary/aromatic N) is 4. The van der Waals surface area contributed by atoms with Crippen LogP contribution >= 0.6 is 0 Å². The van der Waals surface area contributed by atoms with Crippen LogP contribution in [0, 0.1) is 0 Å². The molecule has 0 aliphatic heterocycles. The van der Waals surface area contributed by atoms with Crippen LogP contribution in [0.1, 0.15) is 5.56 Å². The molecule has 5 nitrogen and oxygen atoms in total. The van der Waals surface area contributed by atoms with E-state index >= 15 is 0 Å². The van der Waals surface area contributed by atoms with E-state index in [0.717, 1.165) is 12.1 Å². The van der Waals surface area contributed by atoms with E-state index in [9.17, 15) is 13.2 Å². The van der Waals surface area contributed by atoms with Crippen LogP contribution < -0.4 is 0 Å². The van der Waals surface area contributed by atoms with E-state index in [4.69, 9.17) is 4.52 Å². The summed E-state index contributed by atoms with van der Waals surface area (Å²) in [6.07, 6.45) is -1.45. The van der Waals surface area contributed by atoms with Crippen LogP contribution in [0.5, 0.6) is 0 Å². The van der Waals surface area contributed by atoms with Gasteiger partial charge in [-0.25, -0.2) is 0 Å². The normalized spacial score (nSPS) is 11.6. The molecule has 0 unspecified atom stereocenters. The lowest BCUT2D eigenvalue weighted by atomic mass is 10.1. The topological polar surface area (TPSA) is 64.7 Å². The van der Waals surface area contributed by atoms with Crippen molar-refractivity contribution in [2.24, 2.45) is 0 Å². The number of aromatic nitrogens is 4. The molecule has 2 heterocycles. The molecule has 2 aromatic heterocycles. The Kier molecular flexibility index (Phi) is 3.13. The van der Waals surface area contributed by atoms with Gasteiger partial charge in [0.2, 0.25) is 5.82 Å². The van der Waals surface area contributed by atoms with Crippen molar-refractivity contribution in [1.82, 2.24) is 20.3 Å². The van der Waals surface area contributed by atoms with Crippen LogP contribution in [-0.4, -0.2) is 20.3 Å². The first kappa shape index (κ1) is 13.2. The summed E-state index contributed by atoms with van der Waals surface area (Å²) in [6, 6.07) is 6.17. The molecule has 21 heavy (non-hydrogen) atoms. The van der Waals surface area contributed by atoms with Crippen molar-refractivity contribution in [1.29, 1.82) is 0 Å². The third kappa shape index (κ3) is 2.73. The fourth-order valence-electron chi connectivity index (χ4n) is 1.68. The van der Waals surface area contributed by atoms with Gasteiger partial charge in [0.15, 0.2) is 0 Å². The smallest absolute Gasteiger partial charge is 0.334 e. The Morgan fingerprint density at radius 1 is 0.905 bits per heavy atom. The van der Waals surface area contributed by atoms with Gasteiger partial charge in [0, 0.05) is 5.56 Å². The Balaban J connectivity index is 1.90. The highest BCUT2D eigenvalue weighted by molar-refractivity contribution is 5.59. The zero-order valence-electron chi connectivity index (χ0n) is 10.4. The van der Waals surface area contributed by atoms with Crippen molar-refractivity contribution in [2.45, 2.75) is 6.18 Å². The quantitative estimate of drug-likeness (QED) is 0.725. The van der Waals surface area contributed by atoms with Gasteiger partial charge in [0.05, 0.1) is 23.5 Å². The van der Waals surface area contributed by atoms with Gasteiger partial charge in [-0.1, -0.05) is 17.3 Å². The number of hydrogen-bond donors (Lipinski definition) is 0. The average molecular weight is 292 g/mol. The summed E-state index contributed by atoms with van der Waals surface area (Å²) in [4.78, 5) is 4.12. The second-order valence-corrected chi connectivity index (χ2v) is 4.13. The van der Waals surface area contributed by atoms with Crippen LogP contribution in [-0.2, 0) is 6.18 Å². The van der Waals surface area contributed by atoms with Crippen molar-refractivity contribution < 1.29 is 17.7 Å². The minimum Gasteiger partial charge on any atom is -0.334 e. The van der Waals surface area contributed by atoms with E-state index in [1.165, 1.54) is 24.5 Å². The number of rotatable bonds is 2. The van der Waals surface area contributed by atoms with Crippen LogP contribution in [0.15, 0.2) is 47.2 Å². The largest absolute Gasteiger partial charge is 0.416 e. The molecule has 3 rings (SSSR count). The predicted molar refractivity (Wildman–Crippen MR) is 65.8 cm³/mol. The first-order valence-electron chi connectivity index (χ1n) is 5.82. The molecule has 0 N–H and O–H groups in total. The zero-order valence-corrected chi connectivity index (χ0v) is 10.4. The summed E-state index contributed by atoms with van der Waals surface area (Å²) < 4.78 is 42.5. The fourth-order valence-corrected chi connectivity index (χ4v) is 1.68. The monoisotopic (exact) mass is 292 g/mol. The van der Waals surface area contributed by atoms with E-state index in [1.54, 1.807) is 6.07 Å². The summed E-state index contributed by atoms with van der Waals surface area (Å²) in [5.74, 6) is 0.426. The van der Waals surface area contributed by atoms with Gasteiger partial charge in [-0.05, 0) is 18.2 Å². The molecule has 0 radical (unpaired) electrons. The van der Waals surface area contributed by atoms with E-state index in [0.29, 0.717) is 11.1 Å². The number of benzene rings is 1. The van der Waals surface area contributed by atoms with Crippen LogP contribution in [0.25, 0.3) is 22.8 Å². The van der Waals surface area contributed by atoms with E-state index < -0.39 is 11.7 Å². The Morgan fingerprint density at radius 2 is 1.67 bits per heavy atom. The third-order valence-electron chi connectivity index (χ3n) is 2.73. The van der Waals surface area contributed by atoms with Gasteiger partial charge in [-0.2, -0.15) is 28.4 Å². The molecule has 0 saturated carbocycles. The first-order valence-corrected chi connectivity index (χ1v) is 5.82. The molecule has 0 aliphatic rings. The van der Waals surface area contributed by atoms with Gasteiger partial charge >= 0.3 is 6.18 Å². The summed E-state index contributed by atoms with van der Waals surface area (Å²) in [7, 11) is 0. The number of alkyl halides is 3. The summed E-state index contributed by atoms with van der Waals surface area (Å²) in [5, 5.41) is 11.0. The molecular formula is C13H7F3N4O. The van der Waals surface area contributed by atoms with Crippen LogP contribution in [0.4, 0.5) is 13.2 Å². The van der Waals surface area contributed by atoms with Crippen molar-refractivity contribution in [3.8, 4) is 22.8 Å². The standard InChI is InChI=1S/C13H7F3N4O/c14-13(15,16)10-3-1-8(2-4-10)11-19-12(21-20-11)9-5-6-17-18-7-9/h1-7H. The molecule has 1 aromatic carbocycles. The Bertz CT molecular complexity index is 738. The van der Waals surface area contributed by atoms with Crippen molar-refractivity contribution in [2.75, 3.05) is 0 Å². The summed E-state index contributed by atoms with van der Waals surface area (Å²) in [6.45, 7) is 0. The van der Waals surface area contributed by atoms with Gasteiger partial charge in [-0.3, -0.25) is 0 Å². The SMILES string of the molecule is FC(F)(F)c1ccc(-c2noc(-c3ccnnc3)n2)cc1. The van der Waals surface area contributed by atoms with E-state index in [2.05, 4.69) is 20.3 Å². The maximum atomic E-state index is 12.5. The molecule has 0 atom stereocenters. The molecule has 0 fully saturated rings. The Labute approximate surface area is 116 Å². The minimum absolute atomic E-state index is 0.204. The van der Waals surface area contributed by atoms with E-state index in [-0.39, 0.29) is 11.7 Å².